The summed E-state index contributed by atoms with van der Waals surface area (Å²) in [5.41, 5.74) is 5.35. The number of hydrogen-bond donors (Lipinski definition) is 0. The summed E-state index contributed by atoms with van der Waals surface area (Å²) in [7, 11) is 0. The van der Waals surface area contributed by atoms with E-state index in [1.807, 2.05) is 0 Å². The Morgan fingerprint density at radius 1 is 0.409 bits per heavy atom. The first kappa shape index (κ1) is 11.8. The molecule has 0 aromatic heterocycles. The Hall–Kier alpha value is -2.86. The van der Waals surface area contributed by atoms with E-state index in [0.717, 1.165) is 0 Å². The summed E-state index contributed by atoms with van der Waals surface area (Å²) in [5, 5.41) is 5.32. The Bertz CT molecular complexity index is 984. The fourth-order valence-corrected chi connectivity index (χ4v) is 3.63. The molecule has 0 bridgehead atoms. The Morgan fingerprint density at radius 3 is 1.32 bits per heavy atom. The summed E-state index contributed by atoms with van der Waals surface area (Å²) in [4.78, 5) is 0. The van der Waals surface area contributed by atoms with Crippen LogP contribution in [0, 0.1) is 0 Å². The van der Waals surface area contributed by atoms with Gasteiger partial charge in [0.15, 0.2) is 0 Å². The van der Waals surface area contributed by atoms with Crippen LogP contribution in [0.15, 0.2) is 84.9 Å². The van der Waals surface area contributed by atoms with Gasteiger partial charge >= 0.3 is 0 Å². The molecule has 0 fully saturated rings. The highest BCUT2D eigenvalue weighted by Gasteiger charge is 2.18. The maximum absolute atomic E-state index is 2.30. The molecule has 2 aromatic rings. The second-order valence-electron chi connectivity index (χ2n) is 5.84. The lowest BCUT2D eigenvalue weighted by molar-refractivity contribution is 1.72. The third-order valence-electron chi connectivity index (χ3n) is 4.57. The summed E-state index contributed by atoms with van der Waals surface area (Å²) in [5.74, 6) is 0. The maximum atomic E-state index is 2.30. The molecule has 0 amide bonds. The van der Waals surface area contributed by atoms with Crippen molar-refractivity contribution in [1.82, 2.24) is 0 Å². The van der Waals surface area contributed by atoms with Gasteiger partial charge in [-0.05, 0) is 55.9 Å². The Balaban J connectivity index is 2.10. The van der Waals surface area contributed by atoms with Gasteiger partial charge in [0.1, 0.15) is 0 Å². The molecule has 0 N–H and O–H groups in total. The van der Waals surface area contributed by atoms with E-state index in [0.29, 0.717) is 0 Å². The van der Waals surface area contributed by atoms with Gasteiger partial charge in [-0.25, -0.2) is 0 Å². The zero-order valence-electron chi connectivity index (χ0n) is 12.1. The van der Waals surface area contributed by atoms with Gasteiger partial charge in [0.25, 0.3) is 0 Å². The van der Waals surface area contributed by atoms with Gasteiger partial charge in [0.2, 0.25) is 0 Å². The average molecular weight is 278 g/mol. The van der Waals surface area contributed by atoms with Crippen molar-refractivity contribution in [3.8, 4) is 22.3 Å². The summed E-state index contributed by atoms with van der Waals surface area (Å²) in [6.45, 7) is 0. The Kier molecular flexibility index (Phi) is 2.31. The van der Waals surface area contributed by atoms with Gasteiger partial charge in [-0.1, -0.05) is 72.8 Å². The molecule has 0 radical (unpaired) electrons. The SMILES string of the molecule is c1ccc2cc3ccccc3c-2c2c3ccccc3cc-2c1. The highest BCUT2D eigenvalue weighted by molar-refractivity contribution is 6.15. The van der Waals surface area contributed by atoms with Crippen LogP contribution in [0.3, 0.4) is 0 Å². The fourth-order valence-electron chi connectivity index (χ4n) is 3.63. The van der Waals surface area contributed by atoms with Crippen molar-refractivity contribution in [2.24, 2.45) is 0 Å². The molecule has 3 aliphatic rings. The highest BCUT2D eigenvalue weighted by Crippen LogP contribution is 2.45. The van der Waals surface area contributed by atoms with E-state index in [-0.39, 0.29) is 0 Å². The summed E-state index contributed by atoms with van der Waals surface area (Å²) in [6, 6.07) is 30.7. The minimum absolute atomic E-state index is 1.31. The molecule has 0 nitrogen and oxygen atoms in total. The molecule has 0 spiro atoms. The molecule has 2 aromatic carbocycles. The third kappa shape index (κ3) is 1.52. The van der Waals surface area contributed by atoms with Crippen LogP contribution >= 0.6 is 0 Å². The second kappa shape index (κ2) is 4.32. The number of fused-ring (bicyclic) bond motifs is 7. The Labute approximate surface area is 129 Å². The van der Waals surface area contributed by atoms with Crippen molar-refractivity contribution in [2.45, 2.75) is 0 Å². The van der Waals surface area contributed by atoms with Crippen LogP contribution in [0.1, 0.15) is 0 Å². The van der Waals surface area contributed by atoms with Gasteiger partial charge < -0.3 is 0 Å². The molecule has 0 unspecified atom stereocenters. The first-order chi connectivity index (χ1) is 10.9. The van der Waals surface area contributed by atoms with Crippen molar-refractivity contribution < 1.29 is 0 Å². The van der Waals surface area contributed by atoms with Crippen LogP contribution in [0.25, 0.3) is 43.8 Å². The predicted molar refractivity (Wildman–Crippen MR) is 94.7 cm³/mol. The topological polar surface area (TPSA) is 0 Å². The monoisotopic (exact) mass is 278 g/mol. The highest BCUT2D eigenvalue weighted by atomic mass is 14.2. The molecule has 3 aliphatic carbocycles. The molecule has 0 aliphatic heterocycles. The van der Waals surface area contributed by atoms with E-state index < -0.39 is 0 Å². The largest absolute Gasteiger partial charge is 0.0616 e. The van der Waals surface area contributed by atoms with Crippen LogP contribution < -0.4 is 0 Å². The second-order valence-corrected chi connectivity index (χ2v) is 5.84. The van der Waals surface area contributed by atoms with Gasteiger partial charge in [-0.15, -0.1) is 0 Å². The third-order valence-corrected chi connectivity index (χ3v) is 4.57. The van der Waals surface area contributed by atoms with Crippen molar-refractivity contribution >= 4 is 21.5 Å². The van der Waals surface area contributed by atoms with Crippen LogP contribution in [0.2, 0.25) is 0 Å². The van der Waals surface area contributed by atoms with E-state index in [1.165, 1.54) is 43.8 Å². The van der Waals surface area contributed by atoms with E-state index >= 15 is 0 Å². The predicted octanol–water partition coefficient (Wildman–Crippen LogP) is 6.20. The Morgan fingerprint density at radius 2 is 0.818 bits per heavy atom. The minimum atomic E-state index is 1.31. The lowest BCUT2D eigenvalue weighted by Gasteiger charge is -2.06. The van der Waals surface area contributed by atoms with E-state index in [2.05, 4.69) is 84.9 Å². The molecular weight excluding hydrogens is 264 g/mol. The summed E-state index contributed by atoms with van der Waals surface area (Å²) < 4.78 is 0. The fraction of sp³-hybridized carbons (Fsp3) is 0. The molecule has 0 saturated carbocycles. The van der Waals surface area contributed by atoms with E-state index in [4.69, 9.17) is 0 Å². The molecule has 0 heterocycles. The molecular formula is C22H14. The van der Waals surface area contributed by atoms with Crippen LogP contribution in [0.5, 0.6) is 0 Å². The van der Waals surface area contributed by atoms with Crippen LogP contribution in [-0.4, -0.2) is 0 Å². The number of hydrogen-bond acceptors (Lipinski definition) is 0. The van der Waals surface area contributed by atoms with Crippen molar-refractivity contribution in [3.63, 3.8) is 0 Å². The molecule has 0 saturated heterocycles. The smallest absolute Gasteiger partial charge is 0.00204 e. The summed E-state index contributed by atoms with van der Waals surface area (Å²) >= 11 is 0. The number of rotatable bonds is 0. The summed E-state index contributed by atoms with van der Waals surface area (Å²) in [6.07, 6.45) is 0. The lowest BCUT2D eigenvalue weighted by atomic mass is 9.97. The van der Waals surface area contributed by atoms with Gasteiger partial charge in [0.05, 0.1) is 0 Å². The van der Waals surface area contributed by atoms with Crippen LogP contribution in [-0.2, 0) is 0 Å². The van der Waals surface area contributed by atoms with Crippen LogP contribution in [0.4, 0.5) is 0 Å². The van der Waals surface area contributed by atoms with Gasteiger partial charge in [-0.3, -0.25) is 0 Å². The minimum Gasteiger partial charge on any atom is -0.0616 e. The molecule has 0 heteroatoms. The molecule has 5 rings (SSSR count). The lowest BCUT2D eigenvalue weighted by Crippen LogP contribution is -1.79. The van der Waals surface area contributed by atoms with Gasteiger partial charge in [0, 0.05) is 0 Å². The maximum Gasteiger partial charge on any atom is -0.00204 e. The van der Waals surface area contributed by atoms with Crippen molar-refractivity contribution in [2.75, 3.05) is 0 Å². The molecule has 102 valence electrons. The first-order valence-corrected chi connectivity index (χ1v) is 7.64. The normalized spacial score (nSPS) is 11.6. The van der Waals surface area contributed by atoms with Crippen molar-refractivity contribution in [3.05, 3.63) is 84.9 Å². The number of benzene rings is 2. The van der Waals surface area contributed by atoms with E-state index in [9.17, 15) is 0 Å². The zero-order valence-corrected chi connectivity index (χ0v) is 12.1. The zero-order chi connectivity index (χ0) is 14.5. The van der Waals surface area contributed by atoms with E-state index in [1.54, 1.807) is 0 Å². The molecule has 22 heavy (non-hydrogen) atoms. The standard InChI is InChI=1S/C22H14/c1-2-10-18-14-16-8-4-6-12-20(16)22(18)21-17(9-1)13-15-7-3-5-11-19(15)21/h1-14H. The average Bonchev–Trinajstić information content (AvgIpc) is 3.06. The van der Waals surface area contributed by atoms with Gasteiger partial charge in [-0.2, -0.15) is 0 Å². The molecule has 0 atom stereocenters. The quantitative estimate of drug-likeness (QED) is 0.316. The van der Waals surface area contributed by atoms with Crippen molar-refractivity contribution in [1.29, 1.82) is 0 Å². The first-order valence-electron chi connectivity index (χ1n) is 7.64.